The molecule has 6 heteroatoms. The summed E-state index contributed by atoms with van der Waals surface area (Å²) in [6.07, 6.45) is 10.2. The number of hydrogen-bond donors (Lipinski definition) is 0. The van der Waals surface area contributed by atoms with Crippen molar-refractivity contribution in [2.24, 2.45) is 0 Å². The molecule has 0 radical (unpaired) electrons. The van der Waals surface area contributed by atoms with Crippen molar-refractivity contribution in [2.75, 3.05) is 0 Å². The van der Waals surface area contributed by atoms with Crippen LogP contribution in [0.4, 0.5) is 8.78 Å². The molecule has 0 aliphatic rings. The maximum absolute atomic E-state index is 15.2. The van der Waals surface area contributed by atoms with Gasteiger partial charge in [-0.3, -0.25) is 0 Å². The van der Waals surface area contributed by atoms with Crippen LogP contribution in [0.2, 0.25) is 0 Å². The topological polar surface area (TPSA) is 52.6 Å². The Balaban J connectivity index is 1.63. The van der Waals surface area contributed by atoms with E-state index >= 15 is 8.78 Å². The molecule has 0 heterocycles. The highest BCUT2D eigenvalue weighted by atomic mass is 19.2. The molecule has 0 unspecified atom stereocenters. The van der Waals surface area contributed by atoms with Gasteiger partial charge in [0.25, 0.3) is 0 Å². The van der Waals surface area contributed by atoms with Gasteiger partial charge in [0.2, 0.25) is 0 Å². The molecular formula is C36H44F2O4. The van der Waals surface area contributed by atoms with Gasteiger partial charge in [0.15, 0.2) is 11.6 Å². The second kappa shape index (κ2) is 16.8. The number of unbranched alkanes of at least 4 members (excludes halogenated alkanes) is 6. The lowest BCUT2D eigenvalue weighted by Gasteiger charge is -2.14. The molecule has 0 aliphatic heterocycles. The number of carbonyl (C=O) groups excluding carboxylic acids is 2. The second-order valence-corrected chi connectivity index (χ2v) is 11.1. The number of esters is 2. The Labute approximate surface area is 249 Å². The Morgan fingerprint density at radius 2 is 0.929 bits per heavy atom. The van der Waals surface area contributed by atoms with Crippen LogP contribution >= 0.6 is 0 Å². The van der Waals surface area contributed by atoms with E-state index in [0.29, 0.717) is 22.3 Å². The van der Waals surface area contributed by atoms with E-state index in [0.717, 1.165) is 51.4 Å². The van der Waals surface area contributed by atoms with Gasteiger partial charge in [-0.25, -0.2) is 18.4 Å². The van der Waals surface area contributed by atoms with Gasteiger partial charge in [-0.2, -0.15) is 0 Å². The van der Waals surface area contributed by atoms with Crippen molar-refractivity contribution in [3.63, 3.8) is 0 Å². The standard InChI is InChI=1S/C36H44F2O4/c1-5-7-9-11-13-25(3)41-35(39)29-19-15-27(16-20-29)31-23-24-32(34(38)33(31)37)28-17-21-30(22-18-28)36(40)42-26(4)14-12-10-8-6-2/h15-26H,5-14H2,1-4H3/t25-,26-/m0/s1. The molecule has 0 bridgehead atoms. The summed E-state index contributed by atoms with van der Waals surface area (Å²) in [6.45, 7) is 8.07. The van der Waals surface area contributed by atoms with E-state index in [4.69, 9.17) is 9.47 Å². The first-order chi connectivity index (χ1) is 20.2. The van der Waals surface area contributed by atoms with Gasteiger partial charge in [0.05, 0.1) is 23.3 Å². The van der Waals surface area contributed by atoms with Crippen molar-refractivity contribution in [1.82, 2.24) is 0 Å². The molecule has 226 valence electrons. The summed E-state index contributed by atoms with van der Waals surface area (Å²) >= 11 is 0. The highest BCUT2D eigenvalue weighted by Gasteiger charge is 2.18. The lowest BCUT2D eigenvalue weighted by molar-refractivity contribution is 0.0309. The Kier molecular flexibility index (Phi) is 13.2. The monoisotopic (exact) mass is 578 g/mol. The van der Waals surface area contributed by atoms with Crippen LogP contribution in [0.25, 0.3) is 22.3 Å². The maximum Gasteiger partial charge on any atom is 0.338 e. The van der Waals surface area contributed by atoms with Crippen LogP contribution in [-0.2, 0) is 9.47 Å². The Morgan fingerprint density at radius 1 is 0.571 bits per heavy atom. The van der Waals surface area contributed by atoms with E-state index in [1.54, 1.807) is 48.5 Å². The van der Waals surface area contributed by atoms with Crippen LogP contribution in [0.5, 0.6) is 0 Å². The van der Waals surface area contributed by atoms with E-state index in [1.165, 1.54) is 25.0 Å². The third kappa shape index (κ3) is 9.50. The number of halogens is 2. The molecule has 0 aromatic heterocycles. The fourth-order valence-electron chi connectivity index (χ4n) is 4.90. The molecule has 3 aromatic carbocycles. The molecular weight excluding hydrogens is 534 g/mol. The Morgan fingerprint density at radius 3 is 1.26 bits per heavy atom. The highest BCUT2D eigenvalue weighted by molar-refractivity contribution is 5.91. The number of carbonyl (C=O) groups is 2. The first-order valence-corrected chi connectivity index (χ1v) is 15.4. The summed E-state index contributed by atoms with van der Waals surface area (Å²) in [4.78, 5) is 25.0. The highest BCUT2D eigenvalue weighted by Crippen LogP contribution is 2.32. The Bertz CT molecular complexity index is 1180. The van der Waals surface area contributed by atoms with Gasteiger partial charge >= 0.3 is 11.9 Å². The van der Waals surface area contributed by atoms with Crippen LogP contribution in [0, 0.1) is 11.6 Å². The fourth-order valence-corrected chi connectivity index (χ4v) is 4.90. The van der Waals surface area contributed by atoms with E-state index in [1.807, 2.05) is 13.8 Å². The van der Waals surface area contributed by atoms with Gasteiger partial charge in [0.1, 0.15) is 0 Å². The van der Waals surface area contributed by atoms with Crippen LogP contribution in [-0.4, -0.2) is 24.1 Å². The summed E-state index contributed by atoms with van der Waals surface area (Å²) in [6, 6.07) is 15.6. The molecule has 2 atom stereocenters. The lowest BCUT2D eigenvalue weighted by Crippen LogP contribution is -2.15. The maximum atomic E-state index is 15.2. The first kappa shape index (κ1) is 33.0. The van der Waals surface area contributed by atoms with Gasteiger partial charge in [-0.15, -0.1) is 0 Å². The molecule has 3 aromatic rings. The van der Waals surface area contributed by atoms with Crippen LogP contribution in [0.1, 0.15) is 113 Å². The zero-order chi connectivity index (χ0) is 30.5. The minimum atomic E-state index is -0.982. The SMILES string of the molecule is CCCCCC[C@H](C)OC(=O)c1ccc(-c2ccc(-c3ccc(C(=O)O[C@@H](C)CCCCCC)cc3)c(F)c2F)cc1. The van der Waals surface area contributed by atoms with Gasteiger partial charge in [0, 0.05) is 11.1 Å². The van der Waals surface area contributed by atoms with E-state index < -0.39 is 23.6 Å². The largest absolute Gasteiger partial charge is 0.459 e. The molecule has 0 aliphatic carbocycles. The summed E-state index contributed by atoms with van der Waals surface area (Å²) in [5.41, 5.74) is 1.80. The van der Waals surface area contributed by atoms with Crippen molar-refractivity contribution in [3.05, 3.63) is 83.4 Å². The summed E-state index contributed by atoms with van der Waals surface area (Å²) in [5, 5.41) is 0. The number of benzene rings is 3. The average molecular weight is 579 g/mol. The van der Waals surface area contributed by atoms with Crippen molar-refractivity contribution in [3.8, 4) is 22.3 Å². The number of ether oxygens (including phenoxy) is 2. The van der Waals surface area contributed by atoms with E-state index in [2.05, 4.69) is 13.8 Å². The summed E-state index contributed by atoms with van der Waals surface area (Å²) in [5.74, 6) is -2.83. The van der Waals surface area contributed by atoms with E-state index in [9.17, 15) is 9.59 Å². The van der Waals surface area contributed by atoms with Gasteiger partial charge in [-0.1, -0.05) is 88.8 Å². The third-order valence-electron chi connectivity index (χ3n) is 7.49. The zero-order valence-corrected chi connectivity index (χ0v) is 25.4. The minimum absolute atomic E-state index is 0.0913. The first-order valence-electron chi connectivity index (χ1n) is 15.4. The number of rotatable bonds is 16. The van der Waals surface area contributed by atoms with Gasteiger partial charge in [-0.05, 0) is 74.9 Å². The molecule has 0 saturated heterocycles. The molecule has 0 spiro atoms. The summed E-state index contributed by atoms with van der Waals surface area (Å²) < 4.78 is 41.5. The predicted octanol–water partition coefficient (Wildman–Crippen LogP) is 10.3. The molecule has 42 heavy (non-hydrogen) atoms. The molecule has 3 rings (SSSR count). The molecule has 0 amide bonds. The quantitative estimate of drug-likeness (QED) is 0.125. The van der Waals surface area contributed by atoms with Crippen molar-refractivity contribution in [2.45, 2.75) is 104 Å². The second-order valence-electron chi connectivity index (χ2n) is 11.1. The molecule has 4 nitrogen and oxygen atoms in total. The third-order valence-corrected chi connectivity index (χ3v) is 7.49. The summed E-state index contributed by atoms with van der Waals surface area (Å²) in [7, 11) is 0. The lowest BCUT2D eigenvalue weighted by atomic mass is 9.97. The Hall–Kier alpha value is -3.54. The van der Waals surface area contributed by atoms with Crippen molar-refractivity contribution in [1.29, 1.82) is 0 Å². The van der Waals surface area contributed by atoms with Crippen LogP contribution in [0.15, 0.2) is 60.7 Å². The minimum Gasteiger partial charge on any atom is -0.459 e. The van der Waals surface area contributed by atoms with E-state index in [-0.39, 0.29) is 23.3 Å². The van der Waals surface area contributed by atoms with Crippen molar-refractivity contribution >= 4 is 11.9 Å². The zero-order valence-electron chi connectivity index (χ0n) is 25.4. The fraction of sp³-hybridized carbons (Fsp3) is 0.444. The number of hydrogen-bond acceptors (Lipinski definition) is 4. The van der Waals surface area contributed by atoms with Crippen LogP contribution < -0.4 is 0 Å². The smallest absolute Gasteiger partial charge is 0.338 e. The predicted molar refractivity (Wildman–Crippen MR) is 165 cm³/mol. The van der Waals surface area contributed by atoms with Gasteiger partial charge < -0.3 is 9.47 Å². The molecule has 0 fully saturated rings. The normalized spacial score (nSPS) is 12.5. The van der Waals surface area contributed by atoms with Crippen LogP contribution in [0.3, 0.4) is 0 Å². The molecule has 0 saturated carbocycles. The van der Waals surface area contributed by atoms with Crippen molar-refractivity contribution < 1.29 is 27.8 Å². The molecule has 0 N–H and O–H groups in total. The average Bonchev–Trinajstić information content (AvgIpc) is 2.99.